The van der Waals surface area contributed by atoms with E-state index in [1.165, 1.54) is 0 Å². The fraction of sp³-hybridized carbons (Fsp3) is 0.619. The number of likely N-dealkylation sites (tertiary alicyclic amines) is 1. The number of carbonyl (C=O) groups is 1. The van der Waals surface area contributed by atoms with Crippen molar-refractivity contribution in [2.45, 2.75) is 57.3 Å². The van der Waals surface area contributed by atoms with Gasteiger partial charge in [-0.1, -0.05) is 29.6 Å². The van der Waals surface area contributed by atoms with Crippen molar-refractivity contribution in [2.24, 2.45) is 17.8 Å². The third-order valence-corrected chi connectivity index (χ3v) is 7.79. The lowest BCUT2D eigenvalue weighted by Gasteiger charge is -2.50. The Hall–Kier alpha value is -1.58. The number of aromatic amines is 1. The lowest BCUT2D eigenvalue weighted by atomic mass is 9.64. The molecule has 11 heteroatoms. The van der Waals surface area contributed by atoms with Gasteiger partial charge in [0.2, 0.25) is 5.91 Å². The van der Waals surface area contributed by atoms with E-state index < -0.39 is 24.0 Å². The first-order chi connectivity index (χ1) is 15.0. The molecule has 0 bridgehead atoms. The molecule has 32 heavy (non-hydrogen) atoms. The topological polar surface area (TPSA) is 69.2 Å². The number of amides is 1. The number of benzene rings is 1. The highest BCUT2D eigenvalue weighted by molar-refractivity contribution is 6.37. The number of nitrogens with zero attached hydrogens (tertiary/aromatic N) is 2. The number of aliphatic hydroxyl groups is 1. The first-order valence-corrected chi connectivity index (χ1v) is 11.3. The zero-order valence-electron chi connectivity index (χ0n) is 17.2. The van der Waals surface area contributed by atoms with E-state index >= 15 is 0 Å². The summed E-state index contributed by atoms with van der Waals surface area (Å²) in [4.78, 5) is 14.9. The first-order valence-electron chi connectivity index (χ1n) is 10.6. The predicted octanol–water partition coefficient (Wildman–Crippen LogP) is 5.13. The quantitative estimate of drug-likeness (QED) is 0.580. The number of hydrogen-bond donors (Lipinski definition) is 2. The number of nitrogens with one attached hydrogen (secondary N) is 1. The molecule has 0 spiro atoms. The lowest BCUT2D eigenvalue weighted by Crippen LogP contribution is -2.55. The fourth-order valence-corrected chi connectivity index (χ4v) is 6.16. The molecule has 1 amide bonds. The average Bonchev–Trinajstić information content (AvgIpc) is 3.11. The summed E-state index contributed by atoms with van der Waals surface area (Å²) in [6, 6.07) is 0.806. The van der Waals surface area contributed by atoms with Crippen LogP contribution in [0.2, 0.25) is 10.2 Å². The van der Waals surface area contributed by atoms with Crippen LogP contribution in [0.5, 0.6) is 0 Å². The smallest absolute Gasteiger partial charge is 0.383 e. The number of piperidine rings is 1. The van der Waals surface area contributed by atoms with Crippen LogP contribution in [0, 0.1) is 23.6 Å². The van der Waals surface area contributed by atoms with Gasteiger partial charge in [0.25, 0.3) is 0 Å². The van der Waals surface area contributed by atoms with E-state index in [0.29, 0.717) is 31.2 Å². The molecule has 2 aromatic rings. The molecule has 1 aliphatic heterocycles. The number of carbonyl (C=O) groups excluding carboxylic acids is 1. The van der Waals surface area contributed by atoms with Gasteiger partial charge in [0.05, 0.1) is 6.42 Å². The molecule has 2 aliphatic rings. The van der Waals surface area contributed by atoms with Gasteiger partial charge in [-0.05, 0) is 55.6 Å². The summed E-state index contributed by atoms with van der Waals surface area (Å²) in [6.45, 7) is 2.12. The van der Waals surface area contributed by atoms with Crippen molar-refractivity contribution < 1.29 is 27.5 Å². The maximum Gasteiger partial charge on any atom is 0.414 e. The second-order valence-electron chi connectivity index (χ2n) is 8.79. The maximum absolute atomic E-state index is 14.2. The molecule has 1 saturated carbocycles. The number of aliphatic hydroxyl groups excluding tert-OH is 1. The van der Waals surface area contributed by atoms with Crippen LogP contribution >= 0.6 is 23.2 Å². The Bertz CT molecular complexity index is 1030. The molecule has 4 rings (SSSR count). The van der Waals surface area contributed by atoms with Gasteiger partial charge in [-0.15, -0.1) is 0 Å². The Morgan fingerprint density at radius 1 is 1.31 bits per heavy atom. The molecular weight excluding hydrogens is 473 g/mol. The zero-order valence-corrected chi connectivity index (χ0v) is 18.7. The third kappa shape index (κ3) is 4.07. The molecule has 2 heterocycles. The molecule has 2 N–H and O–H groups in total. The van der Waals surface area contributed by atoms with Crippen LogP contribution < -0.4 is 0 Å². The van der Waals surface area contributed by atoms with E-state index in [9.17, 15) is 27.5 Å². The van der Waals surface area contributed by atoms with Crippen molar-refractivity contribution in [3.63, 3.8) is 0 Å². The van der Waals surface area contributed by atoms with E-state index in [1.807, 2.05) is 6.92 Å². The number of hydrogen-bond acceptors (Lipinski definition) is 3. The van der Waals surface area contributed by atoms with Gasteiger partial charge in [-0.3, -0.25) is 9.89 Å². The van der Waals surface area contributed by atoms with Crippen LogP contribution in [-0.4, -0.2) is 51.0 Å². The summed E-state index contributed by atoms with van der Waals surface area (Å²) in [6.07, 6.45) is -5.16. The summed E-state index contributed by atoms with van der Waals surface area (Å²) in [7, 11) is 0. The van der Waals surface area contributed by atoms with E-state index in [1.54, 1.807) is 4.90 Å². The molecule has 1 aromatic heterocycles. The van der Waals surface area contributed by atoms with Crippen LogP contribution in [0.3, 0.4) is 0 Å². The molecule has 0 radical (unpaired) electrons. The second kappa shape index (κ2) is 8.65. The standard InChI is InChI=1S/C21H23Cl2F4N3O2/c1-9-10-3-2-4-12(19(32)21(25,26)27)11(10)5-6-30(9)16(31)7-13-14(22)8-15(24)18-17(13)20(23)29-28-18/h8-12,19,32H,2-7H2,1H3,(H,28,29)/t9-,10+,11+,12+,19?/m0/s1. The van der Waals surface area contributed by atoms with Crippen molar-refractivity contribution in [1.29, 1.82) is 0 Å². The molecule has 1 saturated heterocycles. The molecule has 1 aromatic carbocycles. The first kappa shape index (κ1) is 23.6. The van der Waals surface area contributed by atoms with E-state index in [-0.39, 0.29) is 57.8 Å². The van der Waals surface area contributed by atoms with Gasteiger partial charge in [0, 0.05) is 23.0 Å². The number of rotatable bonds is 3. The Kier molecular flexibility index (Phi) is 6.37. The summed E-state index contributed by atoms with van der Waals surface area (Å²) in [5.41, 5.74) is 0.417. The second-order valence-corrected chi connectivity index (χ2v) is 9.55. The van der Waals surface area contributed by atoms with Gasteiger partial charge in [-0.2, -0.15) is 18.3 Å². The number of alkyl halides is 3. The summed E-state index contributed by atoms with van der Waals surface area (Å²) < 4.78 is 53.6. The largest absolute Gasteiger partial charge is 0.414 e. The Morgan fingerprint density at radius 3 is 2.72 bits per heavy atom. The molecule has 2 fully saturated rings. The van der Waals surface area contributed by atoms with Gasteiger partial charge in [-0.25, -0.2) is 4.39 Å². The summed E-state index contributed by atoms with van der Waals surface area (Å²) in [5, 5.41) is 16.5. The van der Waals surface area contributed by atoms with Crippen molar-refractivity contribution in [3.05, 3.63) is 27.6 Å². The normalized spacial score (nSPS) is 27.4. The van der Waals surface area contributed by atoms with Crippen molar-refractivity contribution in [2.75, 3.05) is 6.54 Å². The van der Waals surface area contributed by atoms with Gasteiger partial charge in [0.1, 0.15) is 11.3 Å². The molecule has 1 unspecified atom stereocenters. The Balaban J connectivity index is 1.55. The molecule has 176 valence electrons. The van der Waals surface area contributed by atoms with Gasteiger partial charge in [0.15, 0.2) is 11.3 Å². The van der Waals surface area contributed by atoms with E-state index in [2.05, 4.69) is 10.2 Å². The molecule has 5 atom stereocenters. The zero-order chi connectivity index (χ0) is 23.4. The van der Waals surface area contributed by atoms with Crippen LogP contribution in [0.4, 0.5) is 17.6 Å². The van der Waals surface area contributed by atoms with Crippen LogP contribution in [0.15, 0.2) is 6.07 Å². The SMILES string of the molecule is C[C@H]1[C@H]2CCC[C@@H](C(O)C(F)(F)F)[C@@H]2CCN1C(=O)Cc1c(Cl)cc(F)c2[nH]nc(Cl)c12. The highest BCUT2D eigenvalue weighted by atomic mass is 35.5. The number of aromatic nitrogens is 2. The van der Waals surface area contributed by atoms with E-state index in [0.717, 1.165) is 6.07 Å². The molecular formula is C21H23Cl2F4N3O2. The number of halogens is 6. The molecule has 5 nitrogen and oxygen atoms in total. The Labute approximate surface area is 192 Å². The van der Waals surface area contributed by atoms with E-state index in [4.69, 9.17) is 23.2 Å². The average molecular weight is 496 g/mol. The number of H-pyrrole nitrogens is 1. The van der Waals surface area contributed by atoms with Gasteiger partial charge < -0.3 is 10.0 Å². The van der Waals surface area contributed by atoms with Crippen LogP contribution in [0.25, 0.3) is 10.9 Å². The van der Waals surface area contributed by atoms with Crippen LogP contribution in [0.1, 0.15) is 38.2 Å². The lowest BCUT2D eigenvalue weighted by molar-refractivity contribution is -0.233. The number of fused-ring (bicyclic) bond motifs is 2. The fourth-order valence-electron chi connectivity index (χ4n) is 5.66. The molecule has 1 aliphatic carbocycles. The monoisotopic (exact) mass is 495 g/mol. The third-order valence-electron chi connectivity index (χ3n) is 7.18. The maximum atomic E-state index is 14.2. The minimum atomic E-state index is -4.66. The minimum Gasteiger partial charge on any atom is -0.383 e. The van der Waals surface area contributed by atoms with Crippen molar-refractivity contribution in [3.8, 4) is 0 Å². The highest BCUT2D eigenvalue weighted by Crippen LogP contribution is 2.47. The van der Waals surface area contributed by atoms with Crippen molar-refractivity contribution >= 4 is 40.0 Å². The van der Waals surface area contributed by atoms with Crippen LogP contribution in [-0.2, 0) is 11.2 Å². The summed E-state index contributed by atoms with van der Waals surface area (Å²) >= 11 is 12.3. The highest BCUT2D eigenvalue weighted by Gasteiger charge is 2.51. The van der Waals surface area contributed by atoms with Gasteiger partial charge >= 0.3 is 6.18 Å². The minimum absolute atomic E-state index is 0.00668. The predicted molar refractivity (Wildman–Crippen MR) is 112 cm³/mol. The summed E-state index contributed by atoms with van der Waals surface area (Å²) in [5.74, 6) is -2.19. The van der Waals surface area contributed by atoms with Crippen molar-refractivity contribution in [1.82, 2.24) is 15.1 Å². The Morgan fingerprint density at radius 2 is 2.03 bits per heavy atom.